The van der Waals surface area contributed by atoms with Gasteiger partial charge in [0.15, 0.2) is 5.54 Å². The molecular weight excluding hydrogens is 593 g/mol. The van der Waals surface area contributed by atoms with E-state index in [2.05, 4.69) is 10.3 Å². The van der Waals surface area contributed by atoms with Gasteiger partial charge in [0, 0.05) is 23.8 Å². The quantitative estimate of drug-likeness (QED) is 0.409. The largest absolute Gasteiger partial charge is 0.406 e. The molecule has 15 heteroatoms. The van der Waals surface area contributed by atoms with Crippen LogP contribution < -0.4 is 11.1 Å². The zero-order chi connectivity index (χ0) is 31.7. The summed E-state index contributed by atoms with van der Waals surface area (Å²) in [7, 11) is 0. The fourth-order valence-electron chi connectivity index (χ4n) is 5.18. The van der Waals surface area contributed by atoms with Gasteiger partial charge in [-0.25, -0.2) is 4.79 Å². The van der Waals surface area contributed by atoms with Crippen LogP contribution in [0.15, 0.2) is 48.7 Å². The number of imide groups is 1. The Balaban J connectivity index is 1.66. The molecule has 3 N–H and O–H groups in total. The van der Waals surface area contributed by atoms with E-state index in [4.69, 9.17) is 22.1 Å². The first-order chi connectivity index (χ1) is 20.0. The number of benzene rings is 1. The molecule has 1 aromatic carbocycles. The lowest BCUT2D eigenvalue weighted by Gasteiger charge is -2.48. The first kappa shape index (κ1) is 32.2. The molecule has 3 heterocycles. The van der Waals surface area contributed by atoms with Crippen molar-refractivity contribution in [3.05, 3.63) is 64.9 Å². The number of ether oxygens (including phenoxy) is 1. The third-order valence-corrected chi connectivity index (χ3v) is 7.44. The number of rotatable bonds is 9. The number of hydrogen-bond donors (Lipinski definition) is 2. The Morgan fingerprint density at radius 2 is 1.86 bits per heavy atom. The molecule has 11 nitrogen and oxygen atoms in total. The van der Waals surface area contributed by atoms with Crippen molar-refractivity contribution in [1.29, 1.82) is 0 Å². The Morgan fingerprint density at radius 1 is 1.19 bits per heavy atom. The predicted molar refractivity (Wildman–Crippen MR) is 148 cm³/mol. The van der Waals surface area contributed by atoms with E-state index < -0.39 is 66.2 Å². The van der Waals surface area contributed by atoms with Gasteiger partial charge in [0.05, 0.1) is 31.0 Å². The van der Waals surface area contributed by atoms with Gasteiger partial charge in [0.1, 0.15) is 12.6 Å². The second-order valence-corrected chi connectivity index (χ2v) is 11.6. The summed E-state index contributed by atoms with van der Waals surface area (Å²) < 4.78 is 46.0. The van der Waals surface area contributed by atoms with Gasteiger partial charge >= 0.3 is 12.2 Å². The molecule has 2 aromatic rings. The van der Waals surface area contributed by atoms with E-state index in [0.29, 0.717) is 5.02 Å². The molecule has 4 rings (SSSR count). The van der Waals surface area contributed by atoms with Crippen LogP contribution in [0, 0.1) is 0 Å². The lowest BCUT2D eigenvalue weighted by Crippen LogP contribution is -2.67. The van der Waals surface area contributed by atoms with Gasteiger partial charge in [0.25, 0.3) is 5.91 Å². The first-order valence-electron chi connectivity index (χ1n) is 13.4. The minimum Gasteiger partial charge on any atom is -0.374 e. The molecule has 2 aliphatic rings. The van der Waals surface area contributed by atoms with Crippen molar-refractivity contribution in [3.63, 3.8) is 0 Å². The van der Waals surface area contributed by atoms with Crippen molar-refractivity contribution in [3.8, 4) is 0 Å². The van der Waals surface area contributed by atoms with E-state index in [1.165, 1.54) is 44.0 Å². The number of pyridine rings is 1. The van der Waals surface area contributed by atoms with Crippen LogP contribution in [0.25, 0.3) is 0 Å². The summed E-state index contributed by atoms with van der Waals surface area (Å²) in [5, 5.41) is 3.12. The second-order valence-electron chi connectivity index (χ2n) is 11.2. The normalized spacial score (nSPS) is 21.6. The molecule has 0 spiro atoms. The van der Waals surface area contributed by atoms with Gasteiger partial charge in [-0.05, 0) is 50.6 Å². The minimum atomic E-state index is -4.85. The summed E-state index contributed by atoms with van der Waals surface area (Å²) in [6.07, 6.45) is -3.51. The molecule has 43 heavy (non-hydrogen) atoms. The number of nitrogens with zero attached hydrogens (tertiary/aromatic N) is 4. The highest BCUT2D eigenvalue weighted by atomic mass is 35.5. The van der Waals surface area contributed by atoms with Crippen LogP contribution in [0.1, 0.15) is 32.0 Å². The lowest BCUT2D eigenvalue weighted by atomic mass is 9.87. The number of nitrogens with two attached hydrogens (primary N) is 1. The lowest BCUT2D eigenvalue weighted by molar-refractivity contribution is -0.158. The predicted octanol–water partition coefficient (Wildman–Crippen LogP) is 2.43. The molecule has 0 aliphatic carbocycles. The Bertz CT molecular complexity index is 1370. The molecule has 232 valence electrons. The van der Waals surface area contributed by atoms with Gasteiger partial charge in [-0.2, -0.15) is 13.2 Å². The van der Waals surface area contributed by atoms with Gasteiger partial charge < -0.3 is 20.7 Å². The first-order valence-corrected chi connectivity index (χ1v) is 13.8. The second kappa shape index (κ2) is 12.1. The van der Waals surface area contributed by atoms with Gasteiger partial charge in [0.2, 0.25) is 11.8 Å². The maximum absolute atomic E-state index is 14.0. The number of hydrogen-bond acceptors (Lipinski definition) is 7. The SMILES string of the molecule is CC1CN(C(=O)[C@@H](COCc2ccc(Cl)cc2)NC(=O)C(C)(C)N)CC2(c3ccccn3)C(=O)N(CC(F)(F)F)C(=O)N12. The average Bonchev–Trinajstić information content (AvgIpc) is 3.14. The van der Waals surface area contributed by atoms with E-state index >= 15 is 0 Å². The van der Waals surface area contributed by atoms with E-state index in [-0.39, 0.29) is 30.4 Å². The van der Waals surface area contributed by atoms with Crippen LogP contribution in [-0.2, 0) is 31.3 Å². The number of urea groups is 1. The van der Waals surface area contributed by atoms with Crippen LogP contribution in [0.5, 0.6) is 0 Å². The van der Waals surface area contributed by atoms with Crippen molar-refractivity contribution >= 4 is 35.4 Å². The summed E-state index contributed by atoms with van der Waals surface area (Å²) in [4.78, 5) is 60.5. The Hall–Kier alpha value is -3.75. The van der Waals surface area contributed by atoms with Crippen LogP contribution in [-0.4, -0.2) is 93.5 Å². The third kappa shape index (κ3) is 6.76. The van der Waals surface area contributed by atoms with Crippen LogP contribution in [0.2, 0.25) is 5.02 Å². The topological polar surface area (TPSA) is 138 Å². The Labute approximate surface area is 251 Å². The zero-order valence-corrected chi connectivity index (χ0v) is 24.5. The molecule has 5 amide bonds. The van der Waals surface area contributed by atoms with Crippen LogP contribution in [0.3, 0.4) is 0 Å². The number of halogens is 4. The van der Waals surface area contributed by atoms with Crippen LogP contribution in [0.4, 0.5) is 18.0 Å². The highest BCUT2D eigenvalue weighted by Gasteiger charge is 2.65. The number of alkyl halides is 3. The van der Waals surface area contributed by atoms with Gasteiger partial charge in [-0.15, -0.1) is 0 Å². The molecule has 0 saturated carbocycles. The van der Waals surface area contributed by atoms with E-state index in [0.717, 1.165) is 10.5 Å². The summed E-state index contributed by atoms with van der Waals surface area (Å²) >= 11 is 5.93. The summed E-state index contributed by atoms with van der Waals surface area (Å²) in [6.45, 7) is 1.78. The fraction of sp³-hybridized carbons (Fsp3) is 0.464. The zero-order valence-electron chi connectivity index (χ0n) is 23.7. The summed E-state index contributed by atoms with van der Waals surface area (Å²) in [5.74, 6) is -2.49. The number of amides is 5. The number of aromatic nitrogens is 1. The molecule has 2 fully saturated rings. The smallest absolute Gasteiger partial charge is 0.374 e. The Morgan fingerprint density at radius 3 is 2.44 bits per heavy atom. The number of carbonyl (C=O) groups excluding carboxylic acids is 4. The molecular formula is C28H32ClF3N6O5. The van der Waals surface area contributed by atoms with Crippen molar-refractivity contribution in [2.75, 3.05) is 26.2 Å². The minimum absolute atomic E-state index is 0.00467. The highest BCUT2D eigenvalue weighted by molar-refractivity contribution is 6.30. The van der Waals surface area contributed by atoms with Crippen LogP contribution >= 0.6 is 11.6 Å². The third-order valence-electron chi connectivity index (χ3n) is 7.19. The molecule has 2 unspecified atom stereocenters. The maximum atomic E-state index is 14.0. The van der Waals surface area contributed by atoms with E-state index in [1.807, 2.05) is 0 Å². The maximum Gasteiger partial charge on any atom is 0.406 e. The molecule has 0 bridgehead atoms. The monoisotopic (exact) mass is 624 g/mol. The van der Waals surface area contributed by atoms with Gasteiger partial charge in [-0.1, -0.05) is 29.8 Å². The molecule has 2 aliphatic heterocycles. The number of piperazine rings is 1. The van der Waals surface area contributed by atoms with Crippen molar-refractivity contribution in [1.82, 2.24) is 25.0 Å². The highest BCUT2D eigenvalue weighted by Crippen LogP contribution is 2.43. The van der Waals surface area contributed by atoms with Crippen molar-refractivity contribution in [2.24, 2.45) is 5.73 Å². The van der Waals surface area contributed by atoms with E-state index in [9.17, 15) is 32.3 Å². The fourth-order valence-corrected chi connectivity index (χ4v) is 5.30. The summed E-state index contributed by atoms with van der Waals surface area (Å²) in [5.41, 5.74) is 3.31. The van der Waals surface area contributed by atoms with Crippen molar-refractivity contribution in [2.45, 2.75) is 56.7 Å². The number of nitrogens with one attached hydrogen (secondary N) is 1. The molecule has 3 atom stereocenters. The molecule has 2 saturated heterocycles. The Kier molecular flexibility index (Phi) is 9.05. The number of carbonyl (C=O) groups is 4. The van der Waals surface area contributed by atoms with Crippen molar-refractivity contribution < 1.29 is 37.1 Å². The molecule has 1 aromatic heterocycles. The van der Waals surface area contributed by atoms with E-state index in [1.54, 1.807) is 30.3 Å². The summed E-state index contributed by atoms with van der Waals surface area (Å²) in [6, 6.07) is 7.99. The average molecular weight is 625 g/mol. The molecule has 0 radical (unpaired) electrons. The standard InChI is InChI=1S/C28H32ClF3N6O5/c1-17-12-36(22(39)20(35-23(40)26(2,3)33)14-43-13-18-7-9-19(29)10-8-18)15-27(21-6-4-5-11-34-21)24(41)37(16-28(30,31)32)25(42)38(17)27/h4-11,17,20H,12-16,33H2,1-3H3,(H,35,40)/t17?,20-,27?/m1/s1. The number of fused-ring (bicyclic) bond motifs is 1. The van der Waals surface area contributed by atoms with Gasteiger partial charge in [-0.3, -0.25) is 29.2 Å².